The molecule has 0 bridgehead atoms. The molecule has 1 aromatic carbocycles. The molecule has 0 atom stereocenters. The largest absolute Gasteiger partial charge is 0.334 e. The normalized spacial score (nSPS) is 14.7. The molecule has 7 heteroatoms. The monoisotopic (exact) mass is 378 g/mol. The Morgan fingerprint density at radius 1 is 1.04 bits per heavy atom. The van der Waals surface area contributed by atoms with E-state index in [1.54, 1.807) is 12.4 Å². The van der Waals surface area contributed by atoms with Crippen molar-refractivity contribution < 1.29 is 4.79 Å². The molecule has 146 valence electrons. The molecule has 7 nitrogen and oxygen atoms in total. The number of urea groups is 1. The molecule has 3 aromatic rings. The van der Waals surface area contributed by atoms with Gasteiger partial charge in [-0.15, -0.1) is 0 Å². The fourth-order valence-electron chi connectivity index (χ4n) is 3.73. The summed E-state index contributed by atoms with van der Waals surface area (Å²) in [5, 5.41) is 14.6. The van der Waals surface area contributed by atoms with Crippen LogP contribution in [0.3, 0.4) is 0 Å². The minimum absolute atomic E-state index is 0.228. The van der Waals surface area contributed by atoms with Crippen molar-refractivity contribution in [3.63, 3.8) is 0 Å². The van der Waals surface area contributed by atoms with Crippen LogP contribution in [-0.2, 0) is 13.1 Å². The minimum atomic E-state index is -0.228. The first-order chi connectivity index (χ1) is 13.8. The number of nitrogens with zero attached hydrogens (tertiary/aromatic N) is 4. The fraction of sp³-hybridized carbons (Fsp3) is 0.381. The number of nitrogens with one attached hydrogen (secondary N) is 2. The quantitative estimate of drug-likeness (QED) is 0.682. The number of aromatic nitrogens is 4. The summed E-state index contributed by atoms with van der Waals surface area (Å²) >= 11 is 0. The van der Waals surface area contributed by atoms with Gasteiger partial charge in [0.2, 0.25) is 0 Å². The van der Waals surface area contributed by atoms with E-state index in [9.17, 15) is 4.79 Å². The van der Waals surface area contributed by atoms with Crippen LogP contribution in [0.5, 0.6) is 0 Å². The second-order valence-corrected chi connectivity index (χ2v) is 7.29. The zero-order chi connectivity index (χ0) is 19.2. The van der Waals surface area contributed by atoms with Gasteiger partial charge in [0.25, 0.3) is 0 Å². The van der Waals surface area contributed by atoms with Gasteiger partial charge in [-0.2, -0.15) is 10.2 Å². The number of amides is 2. The minimum Gasteiger partial charge on any atom is -0.334 e. The molecule has 1 aliphatic carbocycles. The Morgan fingerprint density at radius 3 is 2.68 bits per heavy atom. The van der Waals surface area contributed by atoms with E-state index in [2.05, 4.69) is 33.0 Å². The van der Waals surface area contributed by atoms with Gasteiger partial charge < -0.3 is 5.32 Å². The molecule has 0 radical (unpaired) electrons. The molecular weight excluding hydrogens is 352 g/mol. The lowest BCUT2D eigenvalue weighted by Gasteiger charge is -2.23. The van der Waals surface area contributed by atoms with Crippen LogP contribution in [0.4, 0.5) is 10.6 Å². The van der Waals surface area contributed by atoms with Gasteiger partial charge in [0.1, 0.15) is 5.82 Å². The van der Waals surface area contributed by atoms with E-state index < -0.39 is 0 Å². The Kier molecular flexibility index (Phi) is 5.70. The zero-order valence-corrected chi connectivity index (χ0v) is 15.9. The van der Waals surface area contributed by atoms with Crippen molar-refractivity contribution in [3.8, 4) is 0 Å². The summed E-state index contributed by atoms with van der Waals surface area (Å²) in [5.41, 5.74) is 2.16. The molecule has 0 aliphatic heterocycles. The first-order valence-corrected chi connectivity index (χ1v) is 9.91. The van der Waals surface area contributed by atoms with Crippen LogP contribution in [0.1, 0.15) is 49.3 Å². The van der Waals surface area contributed by atoms with Crippen LogP contribution in [0.2, 0.25) is 0 Å². The third-order valence-corrected chi connectivity index (χ3v) is 5.16. The van der Waals surface area contributed by atoms with Gasteiger partial charge in [0.15, 0.2) is 0 Å². The summed E-state index contributed by atoms with van der Waals surface area (Å²) in [6.07, 6.45) is 11.5. The van der Waals surface area contributed by atoms with E-state index in [0.717, 1.165) is 24.2 Å². The standard InChI is InChI=1S/C21H26N6O/c28-21(25-20-11-12-23-27(20)19-9-5-2-6-10-19)22-13-18-14-24-26(16-18)15-17-7-3-1-4-8-17/h1,3-4,7-8,11-12,14,16,19H,2,5-6,9-10,13,15H2,(H2,22,25,28). The van der Waals surface area contributed by atoms with Crippen LogP contribution in [-0.4, -0.2) is 25.6 Å². The number of carbonyl (C=O) groups excluding carboxylic acids is 1. The van der Waals surface area contributed by atoms with Gasteiger partial charge in [0, 0.05) is 24.4 Å². The Bertz CT molecular complexity index is 895. The third-order valence-electron chi connectivity index (χ3n) is 5.16. The van der Waals surface area contributed by atoms with E-state index in [1.807, 2.05) is 39.8 Å². The highest BCUT2D eigenvalue weighted by molar-refractivity contribution is 5.88. The highest BCUT2D eigenvalue weighted by Gasteiger charge is 2.19. The van der Waals surface area contributed by atoms with Gasteiger partial charge in [-0.25, -0.2) is 9.48 Å². The Labute approximate surface area is 164 Å². The van der Waals surface area contributed by atoms with Crippen LogP contribution < -0.4 is 10.6 Å². The van der Waals surface area contributed by atoms with Crippen LogP contribution >= 0.6 is 0 Å². The molecule has 0 spiro atoms. The zero-order valence-electron chi connectivity index (χ0n) is 15.9. The highest BCUT2D eigenvalue weighted by Crippen LogP contribution is 2.29. The van der Waals surface area contributed by atoms with Crippen molar-refractivity contribution in [1.82, 2.24) is 24.9 Å². The molecule has 1 aliphatic rings. The summed E-state index contributed by atoms with van der Waals surface area (Å²) in [7, 11) is 0. The summed E-state index contributed by atoms with van der Waals surface area (Å²) in [6.45, 7) is 1.14. The molecule has 4 rings (SSSR count). The summed E-state index contributed by atoms with van der Waals surface area (Å²) < 4.78 is 3.83. The van der Waals surface area contributed by atoms with Crippen LogP contribution in [0.25, 0.3) is 0 Å². The molecule has 28 heavy (non-hydrogen) atoms. The number of benzene rings is 1. The molecule has 2 amide bonds. The maximum atomic E-state index is 12.3. The average Bonchev–Trinajstić information content (AvgIpc) is 3.37. The first-order valence-electron chi connectivity index (χ1n) is 9.91. The number of carbonyl (C=O) groups is 1. The summed E-state index contributed by atoms with van der Waals surface area (Å²) in [4.78, 5) is 12.3. The smallest absolute Gasteiger partial charge is 0.320 e. The van der Waals surface area contributed by atoms with Crippen LogP contribution in [0.15, 0.2) is 55.0 Å². The summed E-state index contributed by atoms with van der Waals surface area (Å²) in [6, 6.07) is 12.2. The maximum Gasteiger partial charge on any atom is 0.320 e. The maximum absolute atomic E-state index is 12.3. The fourth-order valence-corrected chi connectivity index (χ4v) is 3.73. The van der Waals surface area contributed by atoms with E-state index >= 15 is 0 Å². The van der Waals surface area contributed by atoms with Gasteiger partial charge in [-0.3, -0.25) is 10.00 Å². The SMILES string of the molecule is O=C(NCc1cnn(Cc2ccccc2)c1)Nc1ccnn1C1CCCCC1. The number of hydrogen-bond donors (Lipinski definition) is 2. The lowest BCUT2D eigenvalue weighted by molar-refractivity contribution is 0.251. The predicted octanol–water partition coefficient (Wildman–Crippen LogP) is 3.95. The van der Waals surface area contributed by atoms with Gasteiger partial charge >= 0.3 is 6.03 Å². The third kappa shape index (κ3) is 4.60. The highest BCUT2D eigenvalue weighted by atomic mass is 16.2. The van der Waals surface area contributed by atoms with Crippen molar-refractivity contribution in [1.29, 1.82) is 0 Å². The predicted molar refractivity (Wildman–Crippen MR) is 108 cm³/mol. The average molecular weight is 378 g/mol. The Morgan fingerprint density at radius 2 is 1.86 bits per heavy atom. The number of hydrogen-bond acceptors (Lipinski definition) is 3. The molecule has 2 N–H and O–H groups in total. The second kappa shape index (κ2) is 8.73. The van der Waals surface area contributed by atoms with Crippen molar-refractivity contribution >= 4 is 11.8 Å². The summed E-state index contributed by atoms with van der Waals surface area (Å²) in [5.74, 6) is 0.754. The molecule has 2 aromatic heterocycles. The topological polar surface area (TPSA) is 76.8 Å². The van der Waals surface area contributed by atoms with Crippen molar-refractivity contribution in [2.45, 2.75) is 51.2 Å². The van der Waals surface area contributed by atoms with Gasteiger partial charge in [0.05, 0.1) is 25.0 Å². The van der Waals surface area contributed by atoms with Crippen molar-refractivity contribution in [2.75, 3.05) is 5.32 Å². The van der Waals surface area contributed by atoms with Crippen molar-refractivity contribution in [3.05, 3.63) is 66.1 Å². The first kappa shape index (κ1) is 18.3. The van der Waals surface area contributed by atoms with E-state index in [0.29, 0.717) is 19.1 Å². The van der Waals surface area contributed by atoms with E-state index in [1.165, 1.54) is 24.8 Å². The van der Waals surface area contributed by atoms with Crippen LogP contribution in [0, 0.1) is 0 Å². The molecule has 2 heterocycles. The number of anilines is 1. The lowest BCUT2D eigenvalue weighted by Crippen LogP contribution is -2.30. The molecule has 0 saturated heterocycles. The Balaban J connectivity index is 1.29. The van der Waals surface area contributed by atoms with E-state index in [4.69, 9.17) is 0 Å². The number of rotatable bonds is 6. The molecule has 0 unspecified atom stereocenters. The van der Waals surface area contributed by atoms with Gasteiger partial charge in [-0.1, -0.05) is 49.6 Å². The molecular formula is C21H26N6O. The lowest BCUT2D eigenvalue weighted by atomic mass is 9.96. The van der Waals surface area contributed by atoms with Gasteiger partial charge in [-0.05, 0) is 18.4 Å². The molecule has 1 saturated carbocycles. The second-order valence-electron chi connectivity index (χ2n) is 7.29. The Hall–Kier alpha value is -3.09. The van der Waals surface area contributed by atoms with Crippen molar-refractivity contribution in [2.24, 2.45) is 0 Å². The molecule has 1 fully saturated rings. The van der Waals surface area contributed by atoms with E-state index in [-0.39, 0.29) is 6.03 Å².